The highest BCUT2D eigenvalue weighted by Crippen LogP contribution is 2.75. The molecule has 2 amide bonds. The zero-order valence-corrected chi connectivity index (χ0v) is 46.5. The molecule has 8 N–H and O–H groups in total. The fourth-order valence-corrected chi connectivity index (χ4v) is 15.0. The Morgan fingerprint density at radius 1 is 0.684 bits per heavy atom. The topological polar surface area (TPSA) is 303 Å². The zero-order chi connectivity index (χ0) is 56.2. The summed E-state index contributed by atoms with van der Waals surface area (Å²) in [7, 11) is 0. The molecule has 4 saturated carbocycles. The molecule has 7 aliphatic rings. The first-order chi connectivity index (χ1) is 35.5. The molecule has 6 fully saturated rings. The number of aliphatic hydroxyl groups excluding tert-OH is 5. The minimum atomic E-state index is -2.07. The summed E-state index contributed by atoms with van der Waals surface area (Å²) in [5.41, 5.74) is -2.05. The van der Waals surface area contributed by atoms with Crippen molar-refractivity contribution < 1.29 is 87.8 Å². The van der Waals surface area contributed by atoms with Gasteiger partial charge in [-0.2, -0.15) is 0 Å². The van der Waals surface area contributed by atoms with Crippen LogP contribution in [0.1, 0.15) is 160 Å². The molecule has 20 heteroatoms. The van der Waals surface area contributed by atoms with Gasteiger partial charge in [0.2, 0.25) is 0 Å². The highest BCUT2D eigenvalue weighted by Gasteiger charge is 2.71. The van der Waals surface area contributed by atoms with Crippen LogP contribution < -0.4 is 10.6 Å². The Bertz CT molecular complexity index is 2220. The molecule has 20 nitrogen and oxygen atoms in total. The van der Waals surface area contributed by atoms with Gasteiger partial charge in [0.1, 0.15) is 48.7 Å². The fraction of sp³-hybridized carbons (Fsp3) is 0.857. The molecular weight excluding hydrogens is 989 g/mol. The summed E-state index contributed by atoms with van der Waals surface area (Å²) in [5, 5.41) is 72.2. The number of aliphatic hydroxyl groups is 5. The van der Waals surface area contributed by atoms with E-state index in [0.717, 1.165) is 37.7 Å². The molecule has 76 heavy (non-hydrogen) atoms. The predicted octanol–water partition coefficient (Wildman–Crippen LogP) is 3.77. The van der Waals surface area contributed by atoms with Crippen molar-refractivity contribution in [3.63, 3.8) is 0 Å². The number of ether oxygens (including phenoxy) is 6. The first kappa shape index (κ1) is 60.0. The highest BCUT2D eigenvalue weighted by atomic mass is 16.8. The van der Waals surface area contributed by atoms with Gasteiger partial charge in [-0.05, 0) is 136 Å². The van der Waals surface area contributed by atoms with Crippen LogP contribution in [0.2, 0.25) is 0 Å². The lowest BCUT2D eigenvalue weighted by Crippen LogP contribution is -2.69. The Labute approximate surface area is 447 Å². The SMILES string of the molecule is CCCCOC(=O)C(C)NC(=O)[C@H]1O[C@@H](O[C@H]2[C@H](OC3CC[C@@]4(C)C(CC[C@]5(C)C4C(=O)C=C4C6C[C@@](C)(C(=O)O)CC[C@]6(C)CC[C@]45C)C3(C)C)O[C@H](C(=O)NC(C)C(=O)OCCCC)[C@@H](O)[C@@H]2O)[C@H](O)[C@@H](O)[C@@H]1O. The van der Waals surface area contributed by atoms with Crippen LogP contribution in [0.5, 0.6) is 0 Å². The van der Waals surface area contributed by atoms with E-state index in [2.05, 4.69) is 38.3 Å². The van der Waals surface area contributed by atoms with Crippen molar-refractivity contribution in [3.8, 4) is 0 Å². The van der Waals surface area contributed by atoms with Gasteiger partial charge >= 0.3 is 17.9 Å². The Morgan fingerprint density at radius 2 is 1.22 bits per heavy atom. The molecule has 0 radical (unpaired) electrons. The van der Waals surface area contributed by atoms with Crippen molar-refractivity contribution >= 4 is 35.5 Å². The van der Waals surface area contributed by atoms with Crippen molar-refractivity contribution in [2.45, 2.75) is 239 Å². The second-order valence-corrected chi connectivity index (χ2v) is 25.4. The number of hydrogen-bond donors (Lipinski definition) is 8. The number of rotatable bonds is 17. The van der Waals surface area contributed by atoms with Crippen LogP contribution in [0, 0.1) is 50.2 Å². The third-order valence-electron chi connectivity index (χ3n) is 20.2. The average Bonchev–Trinajstić information content (AvgIpc) is 3.35. The molecule has 0 bridgehead atoms. The molecule has 430 valence electrons. The average molecular weight is 1080 g/mol. The summed E-state index contributed by atoms with van der Waals surface area (Å²) in [5.74, 6) is -4.89. The summed E-state index contributed by atoms with van der Waals surface area (Å²) >= 11 is 0. The number of aliphatic carboxylic acids is 1. The lowest BCUT2D eigenvalue weighted by atomic mass is 9.33. The molecule has 5 aliphatic carbocycles. The number of carboxylic acid groups (broad SMARTS) is 1. The van der Waals surface area contributed by atoms with Crippen LogP contribution in [0.4, 0.5) is 0 Å². The lowest BCUT2D eigenvalue weighted by Gasteiger charge is -2.70. The lowest BCUT2D eigenvalue weighted by molar-refractivity contribution is -0.369. The Morgan fingerprint density at radius 3 is 1.78 bits per heavy atom. The summed E-state index contributed by atoms with van der Waals surface area (Å²) in [6.45, 7) is 21.7. The summed E-state index contributed by atoms with van der Waals surface area (Å²) in [6, 6.07) is -2.40. The van der Waals surface area contributed by atoms with Crippen LogP contribution in [0.3, 0.4) is 0 Å². The monoisotopic (exact) mass is 1080 g/mol. The third kappa shape index (κ3) is 10.7. The number of allylic oxidation sites excluding steroid dienone is 2. The van der Waals surface area contributed by atoms with Gasteiger partial charge in [0.05, 0.1) is 24.7 Å². The van der Waals surface area contributed by atoms with Crippen LogP contribution in [-0.2, 0) is 57.2 Å². The van der Waals surface area contributed by atoms with E-state index in [0.29, 0.717) is 51.4 Å². The summed E-state index contributed by atoms with van der Waals surface area (Å²) < 4.78 is 35.6. The van der Waals surface area contributed by atoms with Gasteiger partial charge < -0.3 is 69.7 Å². The third-order valence-corrected chi connectivity index (χ3v) is 20.2. The number of carboxylic acids is 1. The standard InChI is InChI=1S/C56H88N2O18/c1-12-14-24-71-46(67)28(3)57-44(65)40-36(61)35(60)39(64)48(74-40)76-42-38(63)37(62)41(45(66)58-29(4)47(68)72-25-15-13-2)75-49(42)73-34-17-18-54(9)33(51(34,5)6)16-19-56(11)43(54)32(59)26-30-31-27-53(8,50(69)70)21-20-52(31,7)22-23-55(30,56)10/h26,28-29,31,33-43,48-49,60-64H,12-25,27H2,1-11H3,(H,57,65)(H,58,66)(H,69,70)/t28?,29?,31?,33?,34?,35-,36-,37-,38-,39+,40-,41-,42+,43?,48-,49+,52+,53-,54-,55+,56+/m0/s1. The number of hydrogen-bond acceptors (Lipinski definition) is 17. The van der Waals surface area contributed by atoms with Gasteiger partial charge in [-0.15, -0.1) is 0 Å². The second-order valence-electron chi connectivity index (χ2n) is 25.4. The minimum absolute atomic E-state index is 0.0479. The number of carbonyl (C=O) groups is 6. The van der Waals surface area contributed by atoms with E-state index in [1.165, 1.54) is 13.8 Å². The molecule has 2 heterocycles. The first-order valence-electron chi connectivity index (χ1n) is 27.9. The predicted molar refractivity (Wildman–Crippen MR) is 271 cm³/mol. The van der Waals surface area contributed by atoms with Crippen molar-refractivity contribution in [3.05, 3.63) is 11.6 Å². The Hall–Kier alpha value is -3.60. The number of carbonyl (C=O) groups excluding carboxylic acids is 5. The van der Waals surface area contributed by atoms with Crippen LogP contribution >= 0.6 is 0 Å². The van der Waals surface area contributed by atoms with E-state index < -0.39 is 131 Å². The van der Waals surface area contributed by atoms with E-state index in [4.69, 9.17) is 28.4 Å². The van der Waals surface area contributed by atoms with Gasteiger partial charge in [-0.25, -0.2) is 9.59 Å². The quantitative estimate of drug-likeness (QED) is 0.0584. The van der Waals surface area contributed by atoms with Gasteiger partial charge in [-0.1, -0.05) is 73.8 Å². The normalized spacial score (nSPS) is 43.5. The molecule has 21 atom stereocenters. The maximum absolute atomic E-state index is 15.1. The number of nitrogens with one attached hydrogen (secondary N) is 2. The smallest absolute Gasteiger partial charge is 0.328 e. The van der Waals surface area contributed by atoms with E-state index in [-0.39, 0.29) is 47.6 Å². The van der Waals surface area contributed by atoms with Crippen molar-refractivity contribution in [1.82, 2.24) is 10.6 Å². The van der Waals surface area contributed by atoms with E-state index >= 15 is 4.79 Å². The molecule has 0 aromatic heterocycles. The van der Waals surface area contributed by atoms with E-state index in [1.807, 2.05) is 40.7 Å². The Kier molecular flexibility index (Phi) is 17.8. The first-order valence-corrected chi connectivity index (χ1v) is 27.9. The maximum atomic E-state index is 15.1. The molecular formula is C56H88N2O18. The molecule has 2 aliphatic heterocycles. The van der Waals surface area contributed by atoms with Crippen molar-refractivity contribution in [2.75, 3.05) is 13.2 Å². The highest BCUT2D eigenvalue weighted by molar-refractivity contribution is 5.96. The number of unbranched alkanes of at least 4 members (excludes halogenated alkanes) is 2. The van der Waals surface area contributed by atoms with Gasteiger partial charge in [0.15, 0.2) is 30.6 Å². The molecule has 2 saturated heterocycles. The summed E-state index contributed by atoms with van der Waals surface area (Å²) in [4.78, 5) is 80.7. The number of esters is 2. The minimum Gasteiger partial charge on any atom is -0.481 e. The molecule has 0 aromatic rings. The second kappa shape index (κ2) is 22.5. The van der Waals surface area contributed by atoms with Gasteiger partial charge in [0, 0.05) is 5.92 Å². The van der Waals surface area contributed by atoms with Gasteiger partial charge in [-0.3, -0.25) is 19.2 Å². The summed E-state index contributed by atoms with van der Waals surface area (Å²) in [6.07, 6.45) is -9.85. The van der Waals surface area contributed by atoms with Crippen LogP contribution in [0.15, 0.2) is 11.6 Å². The van der Waals surface area contributed by atoms with Crippen LogP contribution in [-0.4, -0.2) is 159 Å². The molecule has 6 unspecified atom stereocenters. The molecule has 0 spiro atoms. The molecule has 7 rings (SSSR count). The zero-order valence-electron chi connectivity index (χ0n) is 46.5. The maximum Gasteiger partial charge on any atom is 0.328 e. The fourth-order valence-electron chi connectivity index (χ4n) is 15.0. The number of fused-ring (bicyclic) bond motifs is 7. The Balaban J connectivity index is 1.16. The molecule has 0 aromatic carbocycles. The van der Waals surface area contributed by atoms with E-state index in [1.54, 1.807) is 0 Å². The van der Waals surface area contributed by atoms with E-state index in [9.17, 15) is 54.6 Å². The largest absolute Gasteiger partial charge is 0.481 e. The van der Waals surface area contributed by atoms with Crippen molar-refractivity contribution in [2.24, 2.45) is 50.2 Å². The van der Waals surface area contributed by atoms with Crippen molar-refractivity contribution in [1.29, 1.82) is 0 Å². The van der Waals surface area contributed by atoms with Gasteiger partial charge in [0.25, 0.3) is 11.8 Å². The number of ketones is 1. The number of amides is 2. The van der Waals surface area contributed by atoms with Crippen LogP contribution in [0.25, 0.3) is 0 Å².